The fourth-order valence-electron chi connectivity index (χ4n) is 2.31. The Bertz CT molecular complexity index is 956. The molecule has 0 aliphatic rings. The van der Waals surface area contributed by atoms with Gasteiger partial charge in [0, 0.05) is 5.02 Å². The highest BCUT2D eigenvalue weighted by atomic mass is 35.5. The number of hydrogen-bond acceptors (Lipinski definition) is 3. The summed E-state index contributed by atoms with van der Waals surface area (Å²) in [7, 11) is 0. The highest BCUT2D eigenvalue weighted by Crippen LogP contribution is 2.16. The van der Waals surface area contributed by atoms with Gasteiger partial charge >= 0.3 is 0 Å². The van der Waals surface area contributed by atoms with Gasteiger partial charge in [-0.25, -0.2) is 5.43 Å². The van der Waals surface area contributed by atoms with E-state index >= 15 is 0 Å². The number of nitrogens with zero attached hydrogens (tertiary/aromatic N) is 1. The van der Waals surface area contributed by atoms with Crippen LogP contribution in [0.1, 0.15) is 21.5 Å². The van der Waals surface area contributed by atoms with E-state index in [4.69, 9.17) is 27.9 Å². The topological polar surface area (TPSA) is 50.7 Å². The van der Waals surface area contributed by atoms with E-state index in [1.54, 1.807) is 30.5 Å². The van der Waals surface area contributed by atoms with Crippen molar-refractivity contribution in [2.45, 2.75) is 6.61 Å². The number of halogens is 2. The quantitative estimate of drug-likeness (QED) is 0.450. The number of carbonyl (C=O) groups excluding carboxylic acids is 1. The van der Waals surface area contributed by atoms with Crippen LogP contribution in [0, 0.1) is 0 Å². The number of ether oxygens (including phenoxy) is 1. The predicted molar refractivity (Wildman–Crippen MR) is 109 cm³/mol. The van der Waals surface area contributed by atoms with E-state index in [2.05, 4.69) is 10.5 Å². The van der Waals surface area contributed by atoms with Crippen LogP contribution in [0.5, 0.6) is 5.75 Å². The molecule has 3 aromatic rings. The molecule has 0 aliphatic carbocycles. The zero-order valence-electron chi connectivity index (χ0n) is 14.2. The van der Waals surface area contributed by atoms with Crippen molar-refractivity contribution in [3.05, 3.63) is 99.5 Å². The third-order valence-corrected chi connectivity index (χ3v) is 4.24. The molecule has 6 heteroatoms. The number of rotatable bonds is 6. The van der Waals surface area contributed by atoms with Gasteiger partial charge in [0.15, 0.2) is 0 Å². The Kier molecular flexibility index (Phi) is 6.47. The number of hydrazone groups is 1. The summed E-state index contributed by atoms with van der Waals surface area (Å²) in [5.41, 5.74) is 4.65. The lowest BCUT2D eigenvalue weighted by molar-refractivity contribution is 0.0955. The van der Waals surface area contributed by atoms with E-state index in [0.29, 0.717) is 22.2 Å². The highest BCUT2D eigenvalue weighted by molar-refractivity contribution is 6.33. The fraction of sp³-hybridized carbons (Fsp3) is 0.0476. The number of carbonyl (C=O) groups is 1. The molecule has 1 amide bonds. The monoisotopic (exact) mass is 398 g/mol. The van der Waals surface area contributed by atoms with E-state index in [-0.39, 0.29) is 5.91 Å². The van der Waals surface area contributed by atoms with Gasteiger partial charge in [0.1, 0.15) is 12.4 Å². The van der Waals surface area contributed by atoms with Crippen LogP contribution >= 0.6 is 23.2 Å². The van der Waals surface area contributed by atoms with Crippen LogP contribution in [0.4, 0.5) is 0 Å². The lowest BCUT2D eigenvalue weighted by atomic mass is 10.2. The molecule has 0 saturated heterocycles. The fourth-order valence-corrected chi connectivity index (χ4v) is 2.75. The number of amides is 1. The second-order valence-electron chi connectivity index (χ2n) is 5.67. The molecule has 0 aliphatic heterocycles. The third kappa shape index (κ3) is 5.58. The number of hydrogen-bond donors (Lipinski definition) is 1. The van der Waals surface area contributed by atoms with Crippen LogP contribution in [-0.2, 0) is 6.61 Å². The minimum absolute atomic E-state index is 0.363. The molecule has 3 aromatic carbocycles. The average Bonchev–Trinajstić information content (AvgIpc) is 2.68. The SMILES string of the molecule is O=C(N/N=C\c1ccc(OCc2cccc(Cl)c2)cc1)c1ccccc1Cl. The minimum Gasteiger partial charge on any atom is -0.489 e. The van der Waals surface area contributed by atoms with Crippen molar-refractivity contribution in [3.63, 3.8) is 0 Å². The van der Waals surface area contributed by atoms with Crippen LogP contribution < -0.4 is 10.2 Å². The molecule has 27 heavy (non-hydrogen) atoms. The van der Waals surface area contributed by atoms with Gasteiger partial charge < -0.3 is 4.74 Å². The molecule has 0 aromatic heterocycles. The van der Waals surface area contributed by atoms with Gasteiger partial charge in [0.2, 0.25) is 0 Å². The largest absolute Gasteiger partial charge is 0.489 e. The Balaban J connectivity index is 1.53. The second kappa shape index (κ2) is 9.21. The molecule has 0 atom stereocenters. The predicted octanol–water partition coefficient (Wildman–Crippen LogP) is 5.34. The maximum absolute atomic E-state index is 12.0. The van der Waals surface area contributed by atoms with Gasteiger partial charge in [0.25, 0.3) is 5.91 Å². The Hall–Kier alpha value is -2.82. The summed E-state index contributed by atoms with van der Waals surface area (Å²) >= 11 is 11.9. The van der Waals surface area contributed by atoms with E-state index in [9.17, 15) is 4.79 Å². The maximum atomic E-state index is 12.0. The summed E-state index contributed by atoms with van der Waals surface area (Å²) in [6.45, 7) is 0.432. The molecule has 0 unspecified atom stereocenters. The molecule has 4 nitrogen and oxygen atoms in total. The molecule has 0 heterocycles. The molecular weight excluding hydrogens is 383 g/mol. The molecule has 136 valence electrons. The summed E-state index contributed by atoms with van der Waals surface area (Å²) in [6, 6.07) is 21.7. The van der Waals surface area contributed by atoms with Crippen molar-refractivity contribution < 1.29 is 9.53 Å². The van der Waals surface area contributed by atoms with E-state index in [1.807, 2.05) is 48.5 Å². The van der Waals surface area contributed by atoms with E-state index in [1.165, 1.54) is 0 Å². The van der Waals surface area contributed by atoms with Crippen molar-refractivity contribution in [2.75, 3.05) is 0 Å². The molecule has 0 saturated carbocycles. The number of benzene rings is 3. The first kappa shape index (κ1) is 19.0. The lowest BCUT2D eigenvalue weighted by Gasteiger charge is -2.07. The Morgan fingerprint density at radius 2 is 1.78 bits per heavy atom. The third-order valence-electron chi connectivity index (χ3n) is 3.67. The standard InChI is InChI=1S/C21H16Cl2N2O2/c22-17-5-3-4-16(12-17)14-27-18-10-8-15(9-11-18)13-24-25-21(26)19-6-1-2-7-20(19)23/h1-13H,14H2,(H,25,26)/b24-13-. The van der Waals surface area contributed by atoms with E-state index in [0.717, 1.165) is 16.9 Å². The van der Waals surface area contributed by atoms with Crippen LogP contribution in [0.25, 0.3) is 0 Å². The van der Waals surface area contributed by atoms with Crippen LogP contribution in [-0.4, -0.2) is 12.1 Å². The normalized spacial score (nSPS) is 10.7. The van der Waals surface area contributed by atoms with E-state index < -0.39 is 0 Å². The number of nitrogens with one attached hydrogen (secondary N) is 1. The summed E-state index contributed by atoms with van der Waals surface area (Å²) in [4.78, 5) is 12.0. The second-order valence-corrected chi connectivity index (χ2v) is 6.51. The molecule has 0 fully saturated rings. The summed E-state index contributed by atoms with van der Waals surface area (Å²) in [6.07, 6.45) is 1.55. The van der Waals surface area contributed by atoms with Gasteiger partial charge in [-0.2, -0.15) is 5.10 Å². The summed E-state index contributed by atoms with van der Waals surface area (Å²) in [5, 5.41) is 5.02. The van der Waals surface area contributed by atoms with Crippen molar-refractivity contribution >= 4 is 35.3 Å². The van der Waals surface area contributed by atoms with Gasteiger partial charge in [-0.15, -0.1) is 0 Å². The van der Waals surface area contributed by atoms with Crippen LogP contribution in [0.15, 0.2) is 77.9 Å². The van der Waals surface area contributed by atoms with Crippen molar-refractivity contribution in [1.29, 1.82) is 0 Å². The maximum Gasteiger partial charge on any atom is 0.272 e. The lowest BCUT2D eigenvalue weighted by Crippen LogP contribution is -2.17. The molecule has 0 bridgehead atoms. The average molecular weight is 399 g/mol. The van der Waals surface area contributed by atoms with Crippen molar-refractivity contribution in [2.24, 2.45) is 5.10 Å². The summed E-state index contributed by atoms with van der Waals surface area (Å²) in [5.74, 6) is 0.366. The molecule has 3 rings (SSSR count). The first-order valence-electron chi connectivity index (χ1n) is 8.17. The van der Waals surface area contributed by atoms with Gasteiger partial charge in [-0.05, 0) is 59.7 Å². The first-order chi connectivity index (χ1) is 13.1. The Labute approximate surface area is 167 Å². The molecule has 0 radical (unpaired) electrons. The molecule has 0 spiro atoms. The Morgan fingerprint density at radius 3 is 2.52 bits per heavy atom. The smallest absolute Gasteiger partial charge is 0.272 e. The first-order valence-corrected chi connectivity index (χ1v) is 8.92. The highest BCUT2D eigenvalue weighted by Gasteiger charge is 2.07. The Morgan fingerprint density at radius 1 is 1.00 bits per heavy atom. The van der Waals surface area contributed by atoms with Gasteiger partial charge in [0.05, 0.1) is 16.8 Å². The zero-order valence-corrected chi connectivity index (χ0v) is 15.7. The van der Waals surface area contributed by atoms with Gasteiger partial charge in [-0.1, -0.05) is 47.5 Å². The van der Waals surface area contributed by atoms with Gasteiger partial charge in [-0.3, -0.25) is 4.79 Å². The summed E-state index contributed by atoms with van der Waals surface area (Å²) < 4.78 is 5.73. The zero-order chi connectivity index (χ0) is 19.1. The van der Waals surface area contributed by atoms with Crippen LogP contribution in [0.3, 0.4) is 0 Å². The van der Waals surface area contributed by atoms with Crippen molar-refractivity contribution in [3.8, 4) is 5.75 Å². The molecular formula is C21H16Cl2N2O2. The van der Waals surface area contributed by atoms with Crippen molar-refractivity contribution in [1.82, 2.24) is 5.43 Å². The minimum atomic E-state index is -0.363. The molecule has 1 N–H and O–H groups in total. The van der Waals surface area contributed by atoms with Crippen LogP contribution in [0.2, 0.25) is 10.0 Å².